The predicted molar refractivity (Wildman–Crippen MR) is 125 cm³/mol. The smallest absolute Gasteiger partial charge is 0.282 e. The third-order valence-electron chi connectivity index (χ3n) is 5.48. The van der Waals surface area contributed by atoms with Gasteiger partial charge in [-0.05, 0) is 48.9 Å². The number of carbonyl (C=O) groups is 2. The first kappa shape index (κ1) is 22.1. The lowest BCUT2D eigenvalue weighted by Gasteiger charge is -2.25. The van der Waals surface area contributed by atoms with Crippen LogP contribution in [0.3, 0.4) is 0 Å². The highest BCUT2D eigenvalue weighted by Gasteiger charge is 2.43. The van der Waals surface area contributed by atoms with E-state index >= 15 is 0 Å². The summed E-state index contributed by atoms with van der Waals surface area (Å²) in [6.07, 6.45) is 0. The van der Waals surface area contributed by atoms with Crippen molar-refractivity contribution in [3.8, 4) is 11.5 Å². The Morgan fingerprint density at radius 1 is 0.848 bits per heavy atom. The summed E-state index contributed by atoms with van der Waals surface area (Å²) >= 11 is 0. The van der Waals surface area contributed by atoms with Gasteiger partial charge in [0.1, 0.15) is 11.5 Å². The van der Waals surface area contributed by atoms with Gasteiger partial charge in [0.25, 0.3) is 11.8 Å². The summed E-state index contributed by atoms with van der Waals surface area (Å²) in [6.45, 7) is 2.30. The molecule has 6 nitrogen and oxygen atoms in total. The van der Waals surface area contributed by atoms with Crippen LogP contribution in [0.2, 0.25) is 0 Å². The Kier molecular flexibility index (Phi) is 6.13. The minimum atomic E-state index is -0.658. The van der Waals surface area contributed by atoms with Crippen molar-refractivity contribution in [3.63, 3.8) is 0 Å². The molecule has 7 heteroatoms. The van der Waals surface area contributed by atoms with Crippen LogP contribution in [-0.4, -0.2) is 32.6 Å². The van der Waals surface area contributed by atoms with Crippen LogP contribution in [0.5, 0.6) is 11.5 Å². The molecule has 3 aromatic carbocycles. The summed E-state index contributed by atoms with van der Waals surface area (Å²) in [5, 5.41) is 0. The molecule has 1 aliphatic rings. The van der Waals surface area contributed by atoms with Crippen LogP contribution in [0.1, 0.15) is 12.5 Å². The van der Waals surface area contributed by atoms with Crippen molar-refractivity contribution < 1.29 is 23.5 Å². The van der Waals surface area contributed by atoms with Crippen molar-refractivity contribution in [2.75, 3.05) is 30.6 Å². The van der Waals surface area contributed by atoms with Gasteiger partial charge in [0.05, 0.1) is 25.5 Å². The summed E-state index contributed by atoms with van der Waals surface area (Å²) in [7, 11) is 3.01. The zero-order chi connectivity index (χ0) is 23.5. The molecular weight excluding hydrogens is 423 g/mol. The quantitative estimate of drug-likeness (QED) is 0.495. The SMILES string of the molecule is CCN(C1=C(c2ccc(OC)c(OC)c2)C(=O)N(c2ccccc2F)C1=O)c1ccccc1. The van der Waals surface area contributed by atoms with E-state index in [1.165, 1.54) is 32.4 Å². The fraction of sp³-hybridized carbons (Fsp3) is 0.154. The van der Waals surface area contributed by atoms with Crippen molar-refractivity contribution in [3.05, 3.63) is 89.9 Å². The molecule has 0 saturated carbocycles. The van der Waals surface area contributed by atoms with Crippen molar-refractivity contribution in [2.24, 2.45) is 0 Å². The topological polar surface area (TPSA) is 59.1 Å². The first-order valence-electron chi connectivity index (χ1n) is 10.4. The number of anilines is 2. The van der Waals surface area contributed by atoms with Crippen LogP contribution < -0.4 is 19.3 Å². The van der Waals surface area contributed by atoms with E-state index in [4.69, 9.17) is 9.47 Å². The number of hydrogen-bond donors (Lipinski definition) is 0. The van der Waals surface area contributed by atoms with E-state index in [0.717, 1.165) is 10.6 Å². The molecule has 2 amide bonds. The Bertz CT molecular complexity index is 1240. The first-order chi connectivity index (χ1) is 16.0. The number of imide groups is 1. The molecule has 33 heavy (non-hydrogen) atoms. The Morgan fingerprint density at radius 2 is 1.52 bits per heavy atom. The predicted octanol–water partition coefficient (Wildman–Crippen LogP) is 4.65. The largest absolute Gasteiger partial charge is 0.493 e. The Balaban J connectivity index is 1.95. The van der Waals surface area contributed by atoms with Crippen LogP contribution in [0, 0.1) is 5.82 Å². The Hall–Kier alpha value is -4.13. The number of halogens is 1. The summed E-state index contributed by atoms with van der Waals surface area (Å²) in [5.74, 6) is -0.965. The van der Waals surface area contributed by atoms with E-state index in [1.807, 2.05) is 37.3 Å². The molecule has 0 saturated heterocycles. The lowest BCUT2D eigenvalue weighted by atomic mass is 10.0. The third-order valence-corrected chi connectivity index (χ3v) is 5.48. The number of amides is 2. The van der Waals surface area contributed by atoms with Crippen molar-refractivity contribution in [1.82, 2.24) is 0 Å². The molecule has 1 heterocycles. The van der Waals surface area contributed by atoms with Crippen LogP contribution >= 0.6 is 0 Å². The van der Waals surface area contributed by atoms with Gasteiger partial charge in [0, 0.05) is 12.2 Å². The average molecular weight is 446 g/mol. The summed E-state index contributed by atoms with van der Waals surface area (Å²) < 4.78 is 25.4. The zero-order valence-electron chi connectivity index (χ0n) is 18.5. The maximum atomic E-state index is 14.7. The van der Waals surface area contributed by atoms with E-state index in [0.29, 0.717) is 23.6 Å². The second-order valence-electron chi connectivity index (χ2n) is 7.27. The van der Waals surface area contributed by atoms with Crippen molar-refractivity contribution in [2.45, 2.75) is 6.92 Å². The van der Waals surface area contributed by atoms with Gasteiger partial charge in [0.2, 0.25) is 0 Å². The average Bonchev–Trinajstić information content (AvgIpc) is 3.10. The van der Waals surface area contributed by atoms with Gasteiger partial charge in [-0.15, -0.1) is 0 Å². The van der Waals surface area contributed by atoms with E-state index in [-0.39, 0.29) is 17.0 Å². The number of hydrogen-bond acceptors (Lipinski definition) is 5. The summed E-state index contributed by atoms with van der Waals surface area (Å²) in [5.41, 5.74) is 1.45. The molecule has 0 aromatic heterocycles. The van der Waals surface area contributed by atoms with Crippen molar-refractivity contribution in [1.29, 1.82) is 0 Å². The van der Waals surface area contributed by atoms with Crippen LogP contribution in [0.15, 0.2) is 78.5 Å². The molecule has 0 bridgehead atoms. The molecule has 0 atom stereocenters. The summed E-state index contributed by atoms with van der Waals surface area (Å²) in [4.78, 5) is 30.0. The van der Waals surface area contributed by atoms with Gasteiger partial charge < -0.3 is 14.4 Å². The van der Waals surface area contributed by atoms with E-state index in [2.05, 4.69) is 0 Å². The number of benzene rings is 3. The highest BCUT2D eigenvalue weighted by atomic mass is 19.1. The van der Waals surface area contributed by atoms with Crippen LogP contribution in [-0.2, 0) is 9.59 Å². The Labute approximate surface area is 191 Å². The van der Waals surface area contributed by atoms with Crippen LogP contribution in [0.4, 0.5) is 15.8 Å². The number of methoxy groups -OCH3 is 2. The maximum absolute atomic E-state index is 14.7. The molecule has 0 N–H and O–H groups in total. The number of ether oxygens (including phenoxy) is 2. The van der Waals surface area contributed by atoms with Gasteiger partial charge in [-0.2, -0.15) is 0 Å². The van der Waals surface area contributed by atoms with Gasteiger partial charge in [-0.25, -0.2) is 9.29 Å². The standard InChI is InChI=1S/C26H23FN2O4/c1-4-28(18-10-6-5-7-11-18)24-23(17-14-15-21(32-2)22(16-17)33-3)25(30)29(26(24)31)20-13-9-8-12-19(20)27/h5-16H,4H2,1-3H3. The van der Waals surface area contributed by atoms with E-state index < -0.39 is 17.6 Å². The molecule has 1 aliphatic heterocycles. The van der Waals surface area contributed by atoms with Gasteiger partial charge >= 0.3 is 0 Å². The van der Waals surface area contributed by atoms with E-state index in [1.54, 1.807) is 29.2 Å². The highest BCUT2D eigenvalue weighted by molar-refractivity contribution is 6.46. The molecule has 0 unspecified atom stereocenters. The lowest BCUT2D eigenvalue weighted by Crippen LogP contribution is -2.35. The fourth-order valence-electron chi connectivity index (χ4n) is 3.95. The lowest BCUT2D eigenvalue weighted by molar-refractivity contribution is -0.120. The normalized spacial score (nSPS) is 13.5. The van der Waals surface area contributed by atoms with Gasteiger partial charge in [0.15, 0.2) is 11.5 Å². The Morgan fingerprint density at radius 3 is 2.15 bits per heavy atom. The molecule has 0 fully saturated rings. The minimum Gasteiger partial charge on any atom is -0.493 e. The van der Waals surface area contributed by atoms with E-state index in [9.17, 15) is 14.0 Å². The number of rotatable bonds is 7. The van der Waals surface area contributed by atoms with Gasteiger partial charge in [-0.1, -0.05) is 36.4 Å². The van der Waals surface area contributed by atoms with Gasteiger partial charge in [-0.3, -0.25) is 9.59 Å². The number of carbonyl (C=O) groups excluding carboxylic acids is 2. The molecule has 4 rings (SSSR count). The van der Waals surface area contributed by atoms with Crippen LogP contribution in [0.25, 0.3) is 5.57 Å². The minimum absolute atomic E-state index is 0.0930. The molecule has 3 aromatic rings. The second kappa shape index (κ2) is 9.16. The monoisotopic (exact) mass is 446 g/mol. The number of para-hydroxylation sites is 2. The first-order valence-corrected chi connectivity index (χ1v) is 10.4. The maximum Gasteiger partial charge on any atom is 0.282 e. The molecule has 168 valence electrons. The number of nitrogens with zero attached hydrogens (tertiary/aromatic N) is 2. The number of likely N-dealkylation sites (N-methyl/N-ethyl adjacent to an activating group) is 1. The molecule has 0 radical (unpaired) electrons. The zero-order valence-corrected chi connectivity index (χ0v) is 18.5. The summed E-state index contributed by atoms with van der Waals surface area (Å²) in [6, 6.07) is 20.0. The molecular formula is C26H23FN2O4. The molecule has 0 spiro atoms. The second-order valence-corrected chi connectivity index (χ2v) is 7.27. The fourth-order valence-corrected chi connectivity index (χ4v) is 3.95. The third kappa shape index (κ3) is 3.82. The molecule has 0 aliphatic carbocycles. The van der Waals surface area contributed by atoms with Crippen molar-refractivity contribution >= 4 is 28.8 Å². The highest BCUT2D eigenvalue weighted by Crippen LogP contribution is 2.39.